The fourth-order valence-electron chi connectivity index (χ4n) is 3.24. The topological polar surface area (TPSA) is 21.3 Å². The largest absolute Gasteiger partial charge is 0.374 e. The molecule has 1 atom stereocenters. The van der Waals surface area contributed by atoms with Crippen molar-refractivity contribution in [1.82, 2.24) is 5.32 Å². The molecule has 4 heteroatoms. The smallest absolute Gasteiger partial charge is 0.0838 e. The van der Waals surface area contributed by atoms with Gasteiger partial charge in [0.05, 0.1) is 5.60 Å². The molecule has 1 aromatic heterocycles. The number of likely N-dealkylation sites (N-methyl/N-ethyl adjacent to an activating group) is 1. The van der Waals surface area contributed by atoms with Crippen LogP contribution in [0.4, 0.5) is 0 Å². The molecular formula is C15H24BrNOS. The number of halogens is 1. The van der Waals surface area contributed by atoms with Gasteiger partial charge in [-0.15, -0.1) is 11.3 Å². The van der Waals surface area contributed by atoms with Crippen molar-refractivity contribution in [3.8, 4) is 0 Å². The van der Waals surface area contributed by atoms with Gasteiger partial charge in [-0.05, 0) is 55.2 Å². The Labute approximate surface area is 129 Å². The first-order valence-corrected chi connectivity index (χ1v) is 8.91. The quantitative estimate of drug-likeness (QED) is 0.825. The van der Waals surface area contributed by atoms with Crippen molar-refractivity contribution in [2.75, 3.05) is 13.7 Å². The molecule has 1 unspecified atom stereocenters. The van der Waals surface area contributed by atoms with Crippen LogP contribution >= 0.6 is 27.3 Å². The van der Waals surface area contributed by atoms with Gasteiger partial charge in [0.15, 0.2) is 0 Å². The van der Waals surface area contributed by atoms with E-state index >= 15 is 0 Å². The molecule has 19 heavy (non-hydrogen) atoms. The number of nitrogens with one attached hydrogen (secondary N) is 1. The van der Waals surface area contributed by atoms with Crippen LogP contribution in [0.3, 0.4) is 0 Å². The summed E-state index contributed by atoms with van der Waals surface area (Å²) >= 11 is 5.37. The van der Waals surface area contributed by atoms with Crippen LogP contribution in [0.25, 0.3) is 0 Å². The molecule has 0 bridgehead atoms. The molecule has 1 saturated carbocycles. The zero-order chi connectivity index (χ0) is 13.7. The SMILES string of the molecule is CCOC1(C(Cc2cc(Br)cs2)NC)CCCCC1. The molecule has 1 fully saturated rings. The Morgan fingerprint density at radius 2 is 2.16 bits per heavy atom. The number of ether oxygens (including phenoxy) is 1. The van der Waals surface area contributed by atoms with Crippen LogP contribution in [-0.2, 0) is 11.2 Å². The lowest BCUT2D eigenvalue weighted by atomic mass is 9.77. The summed E-state index contributed by atoms with van der Waals surface area (Å²) in [5.41, 5.74) is 0.0399. The third-order valence-electron chi connectivity index (χ3n) is 4.14. The van der Waals surface area contributed by atoms with Crippen LogP contribution in [0.2, 0.25) is 0 Å². The second kappa shape index (κ2) is 7.21. The average Bonchev–Trinajstić information content (AvgIpc) is 2.83. The third-order valence-corrected chi connectivity index (χ3v) is 5.86. The van der Waals surface area contributed by atoms with E-state index < -0.39 is 0 Å². The van der Waals surface area contributed by atoms with Gasteiger partial charge in [0.25, 0.3) is 0 Å². The Morgan fingerprint density at radius 1 is 1.42 bits per heavy atom. The molecule has 2 rings (SSSR count). The van der Waals surface area contributed by atoms with Crippen LogP contribution in [0, 0.1) is 0 Å². The zero-order valence-corrected chi connectivity index (χ0v) is 14.3. The van der Waals surface area contributed by atoms with Gasteiger partial charge in [0.1, 0.15) is 0 Å². The van der Waals surface area contributed by atoms with E-state index in [4.69, 9.17) is 4.74 Å². The first-order valence-electron chi connectivity index (χ1n) is 7.24. The Kier molecular flexibility index (Phi) is 5.87. The summed E-state index contributed by atoms with van der Waals surface area (Å²) in [5.74, 6) is 0. The minimum absolute atomic E-state index is 0.0399. The lowest BCUT2D eigenvalue weighted by molar-refractivity contribution is -0.0882. The molecule has 1 aliphatic carbocycles. The molecule has 0 amide bonds. The van der Waals surface area contributed by atoms with Crippen molar-refractivity contribution in [2.24, 2.45) is 0 Å². The highest BCUT2D eigenvalue weighted by atomic mass is 79.9. The van der Waals surface area contributed by atoms with Crippen LogP contribution in [0.1, 0.15) is 43.9 Å². The Hall–Kier alpha value is 0.1000. The third kappa shape index (κ3) is 3.81. The molecule has 1 N–H and O–H groups in total. The number of rotatable bonds is 6. The second-order valence-electron chi connectivity index (χ2n) is 5.34. The van der Waals surface area contributed by atoms with Crippen molar-refractivity contribution >= 4 is 27.3 Å². The number of hydrogen-bond acceptors (Lipinski definition) is 3. The molecule has 1 aliphatic rings. The van der Waals surface area contributed by atoms with E-state index in [2.05, 4.69) is 46.7 Å². The summed E-state index contributed by atoms with van der Waals surface area (Å²) < 4.78 is 7.42. The van der Waals surface area contributed by atoms with Crippen molar-refractivity contribution in [2.45, 2.75) is 57.1 Å². The molecule has 0 saturated heterocycles. The summed E-state index contributed by atoms with van der Waals surface area (Å²) in [5, 5.41) is 5.68. The zero-order valence-electron chi connectivity index (χ0n) is 11.9. The normalized spacial score (nSPS) is 20.4. The molecule has 1 aromatic rings. The fraction of sp³-hybridized carbons (Fsp3) is 0.733. The van der Waals surface area contributed by atoms with E-state index in [-0.39, 0.29) is 5.60 Å². The minimum atomic E-state index is 0.0399. The molecule has 0 radical (unpaired) electrons. The summed E-state index contributed by atoms with van der Waals surface area (Å²) in [6.45, 7) is 2.93. The van der Waals surface area contributed by atoms with Gasteiger partial charge in [-0.2, -0.15) is 0 Å². The average molecular weight is 346 g/mol. The summed E-state index contributed by atoms with van der Waals surface area (Å²) in [4.78, 5) is 1.43. The lowest BCUT2D eigenvalue weighted by Gasteiger charge is -2.43. The predicted molar refractivity (Wildman–Crippen MR) is 86.0 cm³/mol. The van der Waals surface area contributed by atoms with E-state index in [0.717, 1.165) is 13.0 Å². The highest BCUT2D eigenvalue weighted by molar-refractivity contribution is 9.10. The molecule has 0 aromatic carbocycles. The van der Waals surface area contributed by atoms with Crippen LogP contribution in [-0.4, -0.2) is 25.3 Å². The first-order chi connectivity index (χ1) is 9.20. The highest BCUT2D eigenvalue weighted by Gasteiger charge is 2.39. The van der Waals surface area contributed by atoms with Gasteiger partial charge in [-0.3, -0.25) is 0 Å². The molecule has 1 heterocycles. The van der Waals surface area contributed by atoms with Gasteiger partial charge in [-0.25, -0.2) is 0 Å². The van der Waals surface area contributed by atoms with E-state index in [9.17, 15) is 0 Å². The highest BCUT2D eigenvalue weighted by Crippen LogP contribution is 2.36. The summed E-state index contributed by atoms with van der Waals surface area (Å²) in [6.07, 6.45) is 7.40. The molecule has 0 spiro atoms. The number of hydrogen-bond donors (Lipinski definition) is 1. The summed E-state index contributed by atoms with van der Waals surface area (Å²) in [6, 6.07) is 2.65. The first kappa shape index (κ1) is 15.5. The summed E-state index contributed by atoms with van der Waals surface area (Å²) in [7, 11) is 2.07. The van der Waals surface area contributed by atoms with Gasteiger partial charge in [0.2, 0.25) is 0 Å². The van der Waals surface area contributed by atoms with E-state index in [0.29, 0.717) is 6.04 Å². The monoisotopic (exact) mass is 345 g/mol. The van der Waals surface area contributed by atoms with Gasteiger partial charge in [0, 0.05) is 27.4 Å². The second-order valence-corrected chi connectivity index (χ2v) is 7.25. The van der Waals surface area contributed by atoms with Crippen molar-refractivity contribution in [3.05, 3.63) is 20.8 Å². The van der Waals surface area contributed by atoms with Gasteiger partial charge in [-0.1, -0.05) is 19.3 Å². The minimum Gasteiger partial charge on any atom is -0.374 e. The maximum absolute atomic E-state index is 6.23. The van der Waals surface area contributed by atoms with E-state index in [1.165, 1.54) is 41.5 Å². The van der Waals surface area contributed by atoms with Crippen LogP contribution in [0.5, 0.6) is 0 Å². The Morgan fingerprint density at radius 3 is 2.68 bits per heavy atom. The van der Waals surface area contributed by atoms with Gasteiger partial charge >= 0.3 is 0 Å². The molecule has 2 nitrogen and oxygen atoms in total. The van der Waals surface area contributed by atoms with Crippen LogP contribution < -0.4 is 5.32 Å². The maximum atomic E-state index is 6.23. The molecule has 108 valence electrons. The lowest BCUT2D eigenvalue weighted by Crippen LogP contribution is -2.53. The Bertz CT molecular complexity index is 382. The van der Waals surface area contributed by atoms with Crippen molar-refractivity contribution in [1.29, 1.82) is 0 Å². The fourth-order valence-corrected chi connectivity index (χ4v) is 4.74. The van der Waals surface area contributed by atoms with Crippen LogP contribution in [0.15, 0.2) is 15.9 Å². The molecular weight excluding hydrogens is 322 g/mol. The Balaban J connectivity index is 2.12. The number of thiophene rings is 1. The van der Waals surface area contributed by atoms with E-state index in [1.807, 2.05) is 11.3 Å². The molecule has 0 aliphatic heterocycles. The van der Waals surface area contributed by atoms with Gasteiger partial charge < -0.3 is 10.1 Å². The maximum Gasteiger partial charge on any atom is 0.0838 e. The van der Waals surface area contributed by atoms with E-state index in [1.54, 1.807) is 0 Å². The van der Waals surface area contributed by atoms with Crippen molar-refractivity contribution in [3.63, 3.8) is 0 Å². The predicted octanol–water partition coefficient (Wildman–Crippen LogP) is 4.38. The van der Waals surface area contributed by atoms with Crippen molar-refractivity contribution < 1.29 is 4.74 Å². The standard InChI is InChI=1S/C15H24BrNOS/c1-3-18-15(7-5-4-6-8-15)14(17-2)10-13-9-12(16)11-19-13/h9,11,14,17H,3-8,10H2,1-2H3.